The van der Waals surface area contributed by atoms with Crippen molar-refractivity contribution >= 4 is 29.6 Å². The first-order valence-electron chi connectivity index (χ1n) is 10.1. The Morgan fingerprint density at radius 2 is 1.48 bits per heavy atom. The molecule has 4 amide bonds. The Kier molecular flexibility index (Phi) is 8.56. The Morgan fingerprint density at radius 3 is 2.10 bits per heavy atom. The van der Waals surface area contributed by atoms with E-state index in [4.69, 9.17) is 4.84 Å². The van der Waals surface area contributed by atoms with Gasteiger partial charge < -0.3 is 15.5 Å². The third kappa shape index (κ3) is 7.12. The van der Waals surface area contributed by atoms with Crippen LogP contribution in [0.4, 0.5) is 0 Å². The lowest BCUT2D eigenvalue weighted by Gasteiger charge is -2.38. The van der Waals surface area contributed by atoms with Crippen LogP contribution < -0.4 is 10.6 Å². The standard InChI is InChI=1S/C19H30N4O6/c1-13-4-3-5-14(2)22(13)12-16(25)21-10-8-15(24)20-11-9-19(28)29-23-17(26)6-7-18(23)27/h13-14H,3-12H2,1-2H3,(H,20,24)(H,21,25)/i15+1,16+1,21+1. The molecular formula is C19H30N4O6. The van der Waals surface area contributed by atoms with Gasteiger partial charge in [0.15, 0.2) is 0 Å². The molecule has 2 N–H and O–H groups in total. The normalized spacial score (nSPS) is 22.5. The second-order valence-corrected chi connectivity index (χ2v) is 7.55. The molecule has 2 fully saturated rings. The number of nitrogens with zero attached hydrogens (tertiary/aromatic N) is 2. The van der Waals surface area contributed by atoms with Crippen molar-refractivity contribution in [2.24, 2.45) is 0 Å². The molecule has 0 aromatic heterocycles. The highest BCUT2D eigenvalue weighted by Gasteiger charge is 2.32. The van der Waals surface area contributed by atoms with E-state index in [1.807, 2.05) is 0 Å². The fraction of sp³-hybridized carbons (Fsp3) is 0.737. The zero-order valence-electron chi connectivity index (χ0n) is 17.1. The minimum absolute atomic E-state index is 0.0185. The number of carbonyl (C=O) groups is 5. The van der Waals surface area contributed by atoms with Crippen molar-refractivity contribution < 1.29 is 28.8 Å². The second kappa shape index (κ2) is 10.9. The quantitative estimate of drug-likeness (QED) is 0.306. The van der Waals surface area contributed by atoms with Gasteiger partial charge in [-0.2, -0.15) is 0 Å². The highest BCUT2D eigenvalue weighted by Crippen LogP contribution is 2.21. The number of nitrogens with one attached hydrogen (secondary N) is 2. The molecule has 2 atom stereocenters. The maximum atomic E-state index is 12.1. The van der Waals surface area contributed by atoms with Gasteiger partial charge in [0, 0.05) is 44.4 Å². The Balaban J connectivity index is 1.56. The molecule has 2 heterocycles. The Bertz CT molecular complexity index is 627. The summed E-state index contributed by atoms with van der Waals surface area (Å²) in [4.78, 5) is 65.1. The Labute approximate surface area is 170 Å². The van der Waals surface area contributed by atoms with Crippen LogP contribution in [0, 0.1) is 0 Å². The summed E-state index contributed by atoms with van der Waals surface area (Å²) in [5, 5.41) is 5.76. The van der Waals surface area contributed by atoms with Gasteiger partial charge in [0.05, 0.1) is 13.0 Å². The van der Waals surface area contributed by atoms with Gasteiger partial charge in [0.25, 0.3) is 11.8 Å². The van der Waals surface area contributed by atoms with Crippen LogP contribution >= 0.6 is 0 Å². The number of hydroxylamine groups is 2. The lowest BCUT2D eigenvalue weighted by molar-refractivity contribution is -0.197. The summed E-state index contributed by atoms with van der Waals surface area (Å²) >= 11 is 0. The monoisotopic (exact) mass is 413 g/mol. The van der Waals surface area contributed by atoms with Crippen molar-refractivity contribution in [2.75, 3.05) is 19.6 Å². The summed E-state index contributed by atoms with van der Waals surface area (Å²) in [5.74, 6) is -2.28. The number of hydrogen-bond donors (Lipinski definition) is 2. The smallest absolute Gasteiger partial charge is 0.334 e. The van der Waals surface area contributed by atoms with Gasteiger partial charge >= 0.3 is 5.97 Å². The Morgan fingerprint density at radius 1 is 0.931 bits per heavy atom. The Hall–Kier alpha value is -2.49. The number of likely N-dealkylation sites (tertiary alicyclic amines) is 1. The fourth-order valence-corrected chi connectivity index (χ4v) is 3.52. The third-order valence-corrected chi connectivity index (χ3v) is 5.23. The van der Waals surface area contributed by atoms with Gasteiger partial charge in [-0.3, -0.25) is 24.1 Å². The zero-order chi connectivity index (χ0) is 21.4. The van der Waals surface area contributed by atoms with Gasteiger partial charge in [-0.15, -0.1) is 5.06 Å². The minimum Gasteiger partial charge on any atom is -0.355 e. The molecule has 2 rings (SSSR count). The average Bonchev–Trinajstić information content (AvgIpc) is 2.97. The van der Waals surface area contributed by atoms with Crippen LogP contribution in [0.2, 0.25) is 0 Å². The van der Waals surface area contributed by atoms with Crippen molar-refractivity contribution in [3.05, 3.63) is 0 Å². The number of carbonyl (C=O) groups excluding carboxylic acids is 5. The highest BCUT2D eigenvalue weighted by molar-refractivity contribution is 6.01. The first-order valence-corrected chi connectivity index (χ1v) is 10.1. The zero-order valence-corrected chi connectivity index (χ0v) is 17.1. The third-order valence-electron chi connectivity index (χ3n) is 5.23. The molecule has 2 unspecified atom stereocenters. The summed E-state index contributed by atoms with van der Waals surface area (Å²) in [6, 6.07) is 0.748. The van der Waals surface area contributed by atoms with Crippen LogP contribution in [0.5, 0.6) is 0 Å². The van der Waals surface area contributed by atoms with E-state index in [2.05, 4.69) is 29.4 Å². The molecule has 0 aliphatic carbocycles. The van der Waals surface area contributed by atoms with Crippen LogP contribution in [0.3, 0.4) is 0 Å². The van der Waals surface area contributed by atoms with Crippen LogP contribution in [0.15, 0.2) is 0 Å². The van der Waals surface area contributed by atoms with E-state index in [9.17, 15) is 24.0 Å². The molecule has 162 valence electrons. The summed E-state index contributed by atoms with van der Waals surface area (Å²) in [6.07, 6.45) is 3.34. The molecule has 2 aliphatic heterocycles. The summed E-state index contributed by atoms with van der Waals surface area (Å²) < 4.78 is 0. The van der Waals surface area contributed by atoms with Gasteiger partial charge in [0.1, 0.15) is 0 Å². The van der Waals surface area contributed by atoms with E-state index in [-0.39, 0.29) is 50.6 Å². The van der Waals surface area contributed by atoms with Gasteiger partial charge in [0.2, 0.25) is 11.8 Å². The number of hydrogen-bond acceptors (Lipinski definition) is 7. The predicted octanol–water partition coefficient (Wildman–Crippen LogP) is -0.131. The van der Waals surface area contributed by atoms with Crippen LogP contribution in [-0.4, -0.2) is 71.3 Å². The molecule has 0 saturated carbocycles. The molecule has 0 spiro atoms. The van der Waals surface area contributed by atoms with Crippen LogP contribution in [0.25, 0.3) is 0 Å². The van der Waals surface area contributed by atoms with Crippen molar-refractivity contribution in [2.45, 2.75) is 70.9 Å². The summed E-state index contributed by atoms with van der Waals surface area (Å²) in [5.41, 5.74) is 0. The molecule has 0 radical (unpaired) electrons. The van der Waals surface area contributed by atoms with Crippen molar-refractivity contribution in [1.82, 2.24) is 20.6 Å². The number of amides is 4. The van der Waals surface area contributed by atoms with Crippen molar-refractivity contribution in [3.63, 3.8) is 0 Å². The van der Waals surface area contributed by atoms with Crippen molar-refractivity contribution in [1.29, 1.82) is 0 Å². The van der Waals surface area contributed by atoms with Gasteiger partial charge in [-0.25, -0.2) is 4.79 Å². The summed E-state index contributed by atoms with van der Waals surface area (Å²) in [7, 11) is 0. The fourth-order valence-electron chi connectivity index (χ4n) is 3.52. The molecule has 10 nitrogen and oxygen atoms in total. The lowest BCUT2D eigenvalue weighted by Crippen LogP contribution is -2.49. The maximum absolute atomic E-state index is 12.1. The van der Waals surface area contributed by atoms with E-state index >= 15 is 0 Å². The topological polar surface area (TPSA) is 125 Å². The number of rotatable bonds is 9. The lowest BCUT2D eigenvalue weighted by atomic mass is 9.98. The predicted molar refractivity (Wildman–Crippen MR) is 102 cm³/mol. The first kappa shape index (κ1) is 22.8. The van der Waals surface area contributed by atoms with E-state index in [0.29, 0.717) is 23.7 Å². The van der Waals surface area contributed by atoms with E-state index in [1.54, 1.807) is 0 Å². The molecule has 2 aliphatic rings. The molecule has 0 aromatic rings. The molecule has 0 bridgehead atoms. The van der Waals surface area contributed by atoms with Gasteiger partial charge in [-0.1, -0.05) is 6.42 Å². The average molecular weight is 413 g/mol. The summed E-state index contributed by atoms with van der Waals surface area (Å²) in [6.45, 7) is 4.80. The largest absolute Gasteiger partial charge is 0.355 e. The molecule has 10 heteroatoms. The SMILES string of the molecule is CC1CCCC(C)N1C[13C](=O)[15NH]CC[13C](=O)NCCC(=O)ON1C(=O)CCC1=O. The van der Waals surface area contributed by atoms with E-state index in [1.165, 1.54) is 6.42 Å². The second-order valence-electron chi connectivity index (χ2n) is 7.55. The minimum atomic E-state index is -0.771. The number of piperidine rings is 1. The molecular weight excluding hydrogens is 383 g/mol. The van der Waals surface area contributed by atoms with Gasteiger partial charge in [-0.05, 0) is 26.7 Å². The van der Waals surface area contributed by atoms with E-state index in [0.717, 1.165) is 12.8 Å². The van der Waals surface area contributed by atoms with Crippen LogP contribution in [0.1, 0.15) is 58.8 Å². The first-order chi connectivity index (χ1) is 13.8. The number of imide groups is 1. The molecule has 0 aromatic carbocycles. The maximum Gasteiger partial charge on any atom is 0.334 e. The molecule has 2 saturated heterocycles. The van der Waals surface area contributed by atoms with Crippen LogP contribution in [-0.2, 0) is 28.8 Å². The van der Waals surface area contributed by atoms with Crippen molar-refractivity contribution in [3.8, 4) is 0 Å². The highest BCUT2D eigenvalue weighted by atomic mass is 16.7. The molecule has 29 heavy (non-hydrogen) atoms. The van der Waals surface area contributed by atoms with E-state index < -0.39 is 17.8 Å².